The van der Waals surface area contributed by atoms with E-state index < -0.39 is 5.54 Å². The van der Waals surface area contributed by atoms with Gasteiger partial charge in [-0.15, -0.1) is 0 Å². The van der Waals surface area contributed by atoms with E-state index in [0.717, 1.165) is 24.3 Å². The van der Waals surface area contributed by atoms with Crippen molar-refractivity contribution < 1.29 is 14.6 Å². The number of aliphatic hydroxyl groups is 1. The second-order valence-corrected chi connectivity index (χ2v) is 6.00. The van der Waals surface area contributed by atoms with Gasteiger partial charge in [-0.2, -0.15) is 11.8 Å². The maximum Gasteiger partial charge on any atom is 0.330 e. The van der Waals surface area contributed by atoms with Gasteiger partial charge in [0, 0.05) is 5.75 Å². The van der Waals surface area contributed by atoms with Crippen molar-refractivity contribution in [2.24, 2.45) is 0 Å². The molecular weight excluding hydrogens is 286 g/mol. The highest BCUT2D eigenvalue weighted by Gasteiger charge is 2.40. The quantitative estimate of drug-likeness (QED) is 0.512. The number of carbonyl (C=O) groups excluding carboxylic acids is 1. The minimum atomic E-state index is -0.811. The Morgan fingerprint density at radius 3 is 2.62 bits per heavy atom. The Bertz CT molecular complexity index is 413. The third-order valence-electron chi connectivity index (χ3n) is 3.33. The molecule has 4 nitrogen and oxygen atoms in total. The normalized spacial score (nSPS) is 13.7. The number of ether oxygens (including phenoxy) is 1. The van der Waals surface area contributed by atoms with Crippen LogP contribution in [0.15, 0.2) is 30.3 Å². The maximum absolute atomic E-state index is 12.5. The summed E-state index contributed by atoms with van der Waals surface area (Å²) in [6, 6.07) is 9.71. The zero-order valence-electron chi connectivity index (χ0n) is 12.8. The third kappa shape index (κ3) is 5.02. The van der Waals surface area contributed by atoms with E-state index in [-0.39, 0.29) is 12.6 Å². The minimum absolute atomic E-state index is 0.156. The van der Waals surface area contributed by atoms with E-state index in [0.29, 0.717) is 12.2 Å². The molecule has 0 aliphatic rings. The average Bonchev–Trinajstić information content (AvgIpc) is 2.54. The molecule has 0 bridgehead atoms. The van der Waals surface area contributed by atoms with Crippen LogP contribution in [0.5, 0.6) is 0 Å². The van der Waals surface area contributed by atoms with Crippen LogP contribution in [0.2, 0.25) is 0 Å². The Labute approximate surface area is 131 Å². The first-order valence-electron chi connectivity index (χ1n) is 7.28. The Balaban J connectivity index is 3.00. The number of nitrogens with one attached hydrogen (secondary N) is 1. The van der Waals surface area contributed by atoms with Gasteiger partial charge in [-0.25, -0.2) is 4.79 Å². The molecule has 0 saturated carbocycles. The Hall–Kier alpha value is -1.04. The molecule has 1 rings (SSSR count). The molecule has 118 valence electrons. The standard InChI is InChI=1S/C16H25NO3S/c1-3-10-17-16(15(19)20-2,9-12-21-13-11-18)14-7-5-4-6-8-14/h4-8,17-18H,3,9-13H2,1-2H3. The molecule has 0 aliphatic carbocycles. The van der Waals surface area contributed by atoms with E-state index >= 15 is 0 Å². The molecule has 0 amide bonds. The third-order valence-corrected chi connectivity index (χ3v) is 4.30. The predicted octanol–water partition coefficient (Wildman–Crippen LogP) is 2.17. The van der Waals surface area contributed by atoms with E-state index in [1.165, 1.54) is 7.11 Å². The Kier molecular flexibility index (Phi) is 8.42. The largest absolute Gasteiger partial charge is 0.467 e. The van der Waals surface area contributed by atoms with Crippen molar-refractivity contribution in [3.63, 3.8) is 0 Å². The van der Waals surface area contributed by atoms with Gasteiger partial charge in [0.25, 0.3) is 0 Å². The summed E-state index contributed by atoms with van der Waals surface area (Å²) in [6.45, 7) is 2.97. The molecule has 0 aromatic heterocycles. The zero-order valence-corrected chi connectivity index (χ0v) is 13.6. The number of rotatable bonds is 10. The van der Waals surface area contributed by atoms with Gasteiger partial charge in [0.1, 0.15) is 5.54 Å². The van der Waals surface area contributed by atoms with Gasteiger partial charge in [0.15, 0.2) is 0 Å². The minimum Gasteiger partial charge on any atom is -0.467 e. The average molecular weight is 311 g/mol. The fourth-order valence-corrected chi connectivity index (χ4v) is 3.04. The lowest BCUT2D eigenvalue weighted by Gasteiger charge is -2.32. The summed E-state index contributed by atoms with van der Waals surface area (Å²) in [5.74, 6) is 1.20. The van der Waals surface area contributed by atoms with Gasteiger partial charge in [-0.1, -0.05) is 37.3 Å². The van der Waals surface area contributed by atoms with Crippen LogP contribution in [0.1, 0.15) is 25.3 Å². The molecule has 0 fully saturated rings. The van der Waals surface area contributed by atoms with Crippen LogP contribution in [0.3, 0.4) is 0 Å². The van der Waals surface area contributed by atoms with E-state index in [1.807, 2.05) is 30.3 Å². The second kappa shape index (κ2) is 9.82. The summed E-state index contributed by atoms with van der Waals surface area (Å²) in [5, 5.41) is 12.3. The van der Waals surface area contributed by atoms with Gasteiger partial charge in [-0.3, -0.25) is 5.32 Å². The first-order chi connectivity index (χ1) is 10.2. The maximum atomic E-state index is 12.5. The second-order valence-electron chi connectivity index (χ2n) is 4.78. The predicted molar refractivity (Wildman–Crippen MR) is 87.5 cm³/mol. The number of benzene rings is 1. The number of methoxy groups -OCH3 is 1. The van der Waals surface area contributed by atoms with Crippen LogP contribution < -0.4 is 5.32 Å². The summed E-state index contributed by atoms with van der Waals surface area (Å²) in [5.41, 5.74) is 0.115. The summed E-state index contributed by atoms with van der Waals surface area (Å²) in [6.07, 6.45) is 1.57. The Morgan fingerprint density at radius 1 is 1.33 bits per heavy atom. The van der Waals surface area contributed by atoms with E-state index in [9.17, 15) is 4.79 Å². The molecule has 0 saturated heterocycles. The van der Waals surface area contributed by atoms with Gasteiger partial charge < -0.3 is 9.84 Å². The molecule has 21 heavy (non-hydrogen) atoms. The number of aliphatic hydroxyl groups excluding tert-OH is 1. The number of esters is 1. The highest BCUT2D eigenvalue weighted by molar-refractivity contribution is 7.99. The number of carbonyl (C=O) groups is 1. The van der Waals surface area contributed by atoms with Crippen LogP contribution in [0.25, 0.3) is 0 Å². The van der Waals surface area contributed by atoms with E-state index in [2.05, 4.69) is 12.2 Å². The molecule has 5 heteroatoms. The summed E-state index contributed by atoms with van der Waals surface area (Å²) < 4.78 is 5.06. The summed E-state index contributed by atoms with van der Waals surface area (Å²) in [4.78, 5) is 12.5. The van der Waals surface area contributed by atoms with Crippen LogP contribution in [-0.2, 0) is 15.1 Å². The van der Waals surface area contributed by atoms with Crippen molar-refractivity contribution in [2.45, 2.75) is 25.3 Å². The summed E-state index contributed by atoms with van der Waals surface area (Å²) >= 11 is 1.64. The van der Waals surface area contributed by atoms with Crippen molar-refractivity contribution in [1.82, 2.24) is 5.32 Å². The SMILES string of the molecule is CCCNC(CCSCCO)(C(=O)OC)c1ccccc1. The van der Waals surface area contributed by atoms with Crippen molar-refractivity contribution in [2.75, 3.05) is 31.8 Å². The van der Waals surface area contributed by atoms with Crippen LogP contribution in [0.4, 0.5) is 0 Å². The number of hydrogen-bond donors (Lipinski definition) is 2. The Morgan fingerprint density at radius 2 is 2.05 bits per heavy atom. The first kappa shape index (κ1) is 18.0. The molecule has 0 aliphatic heterocycles. The monoisotopic (exact) mass is 311 g/mol. The molecule has 0 radical (unpaired) electrons. The fraction of sp³-hybridized carbons (Fsp3) is 0.562. The van der Waals surface area contributed by atoms with Crippen molar-refractivity contribution in [3.8, 4) is 0 Å². The van der Waals surface area contributed by atoms with E-state index in [4.69, 9.17) is 9.84 Å². The first-order valence-corrected chi connectivity index (χ1v) is 8.44. The summed E-state index contributed by atoms with van der Waals surface area (Å²) in [7, 11) is 1.43. The zero-order chi connectivity index (χ0) is 15.6. The molecule has 1 atom stereocenters. The van der Waals surface area contributed by atoms with Crippen molar-refractivity contribution in [3.05, 3.63) is 35.9 Å². The number of thioether (sulfide) groups is 1. The van der Waals surface area contributed by atoms with Gasteiger partial charge in [0.2, 0.25) is 0 Å². The van der Waals surface area contributed by atoms with Gasteiger partial charge in [-0.05, 0) is 30.7 Å². The van der Waals surface area contributed by atoms with E-state index in [1.54, 1.807) is 11.8 Å². The van der Waals surface area contributed by atoms with Gasteiger partial charge >= 0.3 is 5.97 Å². The molecule has 0 heterocycles. The lowest BCUT2D eigenvalue weighted by atomic mass is 9.87. The van der Waals surface area contributed by atoms with Crippen LogP contribution >= 0.6 is 11.8 Å². The molecule has 1 unspecified atom stereocenters. The van der Waals surface area contributed by atoms with Crippen LogP contribution in [0, 0.1) is 0 Å². The van der Waals surface area contributed by atoms with Crippen molar-refractivity contribution in [1.29, 1.82) is 0 Å². The molecule has 1 aromatic rings. The lowest BCUT2D eigenvalue weighted by Crippen LogP contribution is -2.50. The molecule has 1 aromatic carbocycles. The highest BCUT2D eigenvalue weighted by atomic mass is 32.2. The fourth-order valence-electron chi connectivity index (χ4n) is 2.25. The molecule has 2 N–H and O–H groups in total. The molecule has 0 spiro atoms. The van der Waals surface area contributed by atoms with Gasteiger partial charge in [0.05, 0.1) is 13.7 Å². The van der Waals surface area contributed by atoms with Crippen molar-refractivity contribution >= 4 is 17.7 Å². The lowest BCUT2D eigenvalue weighted by molar-refractivity contribution is -0.149. The topological polar surface area (TPSA) is 58.6 Å². The number of hydrogen-bond acceptors (Lipinski definition) is 5. The molecular formula is C16H25NO3S. The smallest absolute Gasteiger partial charge is 0.330 e. The highest BCUT2D eigenvalue weighted by Crippen LogP contribution is 2.28. The van der Waals surface area contributed by atoms with Crippen LogP contribution in [-0.4, -0.2) is 42.8 Å².